The van der Waals surface area contributed by atoms with Gasteiger partial charge in [-0.25, -0.2) is 9.97 Å². The minimum Gasteiger partial charge on any atom is -0.479 e. The monoisotopic (exact) mass is 479 g/mol. The number of rotatable bonds is 7. The van der Waals surface area contributed by atoms with E-state index >= 15 is 0 Å². The average Bonchev–Trinajstić information content (AvgIpc) is 3.12. The zero-order chi connectivity index (χ0) is 24.5. The van der Waals surface area contributed by atoms with Crippen molar-refractivity contribution in [3.63, 3.8) is 0 Å². The smallest absolute Gasteiger partial charge is 0.422 e. The molecular formula is C22H24F3N5O4. The maximum atomic E-state index is 12.8. The molecule has 0 radical (unpaired) electrons. The second-order valence-corrected chi connectivity index (χ2v) is 8.33. The van der Waals surface area contributed by atoms with Gasteiger partial charge in [-0.1, -0.05) is 0 Å². The molecule has 2 amide bonds. The molecule has 2 aromatic heterocycles. The standard InChI is InChI=1S/C22H24F3N5O4/c1-28(2)20(31)14-11-29(12-14)18-5-3-15(9-26-18)30-8-7-17(21(30)32)34-16-4-6-19(27-10-16)33-13-22(23,24)25/h3-6,9-10,14,17H,7-8,11-13H2,1-2H3/t17-/m0/s1. The number of carbonyl (C=O) groups excluding carboxylic acids is 2. The Hall–Kier alpha value is -3.57. The summed E-state index contributed by atoms with van der Waals surface area (Å²) in [5.41, 5.74) is 0.635. The lowest BCUT2D eigenvalue weighted by molar-refractivity contribution is -0.154. The molecule has 2 aromatic rings. The molecule has 0 aliphatic carbocycles. The maximum Gasteiger partial charge on any atom is 0.422 e. The van der Waals surface area contributed by atoms with Gasteiger partial charge in [0.15, 0.2) is 12.7 Å². The fourth-order valence-electron chi connectivity index (χ4n) is 3.77. The molecule has 34 heavy (non-hydrogen) atoms. The summed E-state index contributed by atoms with van der Waals surface area (Å²) >= 11 is 0. The summed E-state index contributed by atoms with van der Waals surface area (Å²) in [5.74, 6) is 0.634. The molecule has 2 aliphatic rings. The highest BCUT2D eigenvalue weighted by Gasteiger charge is 2.36. The van der Waals surface area contributed by atoms with Crippen molar-refractivity contribution in [2.75, 3.05) is 50.1 Å². The van der Waals surface area contributed by atoms with E-state index < -0.39 is 18.9 Å². The third-order valence-corrected chi connectivity index (χ3v) is 5.57. The van der Waals surface area contributed by atoms with Crippen LogP contribution in [0.4, 0.5) is 24.7 Å². The molecule has 0 N–H and O–H groups in total. The van der Waals surface area contributed by atoms with Gasteiger partial charge in [0.2, 0.25) is 11.8 Å². The van der Waals surface area contributed by atoms with E-state index in [4.69, 9.17) is 4.74 Å². The number of nitrogens with zero attached hydrogens (tertiary/aromatic N) is 5. The Labute approximate surface area is 194 Å². The molecule has 0 unspecified atom stereocenters. The van der Waals surface area contributed by atoms with Crippen molar-refractivity contribution in [3.05, 3.63) is 36.7 Å². The number of anilines is 2. The highest BCUT2D eigenvalue weighted by Crippen LogP contribution is 2.28. The predicted molar refractivity (Wildman–Crippen MR) is 116 cm³/mol. The van der Waals surface area contributed by atoms with Gasteiger partial charge in [0.05, 0.1) is 24.0 Å². The minimum absolute atomic E-state index is 0.0331. The fraction of sp³-hybridized carbons (Fsp3) is 0.455. The Balaban J connectivity index is 1.30. The Morgan fingerprint density at radius 1 is 1.15 bits per heavy atom. The summed E-state index contributed by atoms with van der Waals surface area (Å²) < 4.78 is 46.9. The first kappa shape index (κ1) is 23.6. The number of hydrogen-bond acceptors (Lipinski definition) is 7. The van der Waals surface area contributed by atoms with Crippen LogP contribution in [0.15, 0.2) is 36.7 Å². The van der Waals surface area contributed by atoms with E-state index in [-0.39, 0.29) is 29.4 Å². The van der Waals surface area contributed by atoms with E-state index in [0.717, 1.165) is 5.82 Å². The number of ether oxygens (including phenoxy) is 2. The van der Waals surface area contributed by atoms with Crippen molar-refractivity contribution in [1.82, 2.24) is 14.9 Å². The molecule has 0 spiro atoms. The molecule has 4 rings (SSSR count). The highest BCUT2D eigenvalue weighted by molar-refractivity contribution is 5.99. The van der Waals surface area contributed by atoms with Gasteiger partial charge in [0.25, 0.3) is 5.91 Å². The molecule has 1 atom stereocenters. The average molecular weight is 479 g/mol. The lowest BCUT2D eigenvalue weighted by Crippen LogP contribution is -2.53. The van der Waals surface area contributed by atoms with Gasteiger partial charge in [-0.05, 0) is 18.2 Å². The summed E-state index contributed by atoms with van der Waals surface area (Å²) in [5, 5.41) is 0. The van der Waals surface area contributed by atoms with Crippen molar-refractivity contribution < 1.29 is 32.2 Å². The first-order chi connectivity index (χ1) is 16.1. The van der Waals surface area contributed by atoms with E-state index in [0.29, 0.717) is 31.7 Å². The van der Waals surface area contributed by atoms with Crippen molar-refractivity contribution in [1.29, 1.82) is 0 Å². The van der Waals surface area contributed by atoms with Crippen LogP contribution in [0.1, 0.15) is 6.42 Å². The largest absolute Gasteiger partial charge is 0.479 e. The van der Waals surface area contributed by atoms with Crippen LogP contribution >= 0.6 is 0 Å². The molecule has 182 valence electrons. The van der Waals surface area contributed by atoms with Crippen LogP contribution in [0.5, 0.6) is 11.6 Å². The zero-order valence-electron chi connectivity index (χ0n) is 18.7. The molecule has 9 nitrogen and oxygen atoms in total. The Morgan fingerprint density at radius 2 is 1.91 bits per heavy atom. The summed E-state index contributed by atoms with van der Waals surface area (Å²) in [4.78, 5) is 38.2. The molecule has 2 aliphatic heterocycles. The molecule has 2 fully saturated rings. The van der Waals surface area contributed by atoms with E-state index in [1.165, 1.54) is 18.3 Å². The molecule has 0 aromatic carbocycles. The second kappa shape index (κ2) is 9.35. The lowest BCUT2D eigenvalue weighted by Gasteiger charge is -2.40. The molecule has 0 bridgehead atoms. The predicted octanol–water partition coefficient (Wildman–Crippen LogP) is 2.13. The third kappa shape index (κ3) is 5.32. The molecule has 4 heterocycles. The molecule has 0 saturated carbocycles. The quantitative estimate of drug-likeness (QED) is 0.601. The number of amides is 2. The highest BCUT2D eigenvalue weighted by atomic mass is 19.4. The van der Waals surface area contributed by atoms with E-state index in [1.54, 1.807) is 36.2 Å². The lowest BCUT2D eigenvalue weighted by atomic mass is 9.99. The van der Waals surface area contributed by atoms with Gasteiger partial charge in [-0.3, -0.25) is 9.59 Å². The van der Waals surface area contributed by atoms with Gasteiger partial charge < -0.3 is 24.2 Å². The second-order valence-electron chi connectivity index (χ2n) is 8.33. The van der Waals surface area contributed by atoms with Crippen LogP contribution in [0, 0.1) is 5.92 Å². The van der Waals surface area contributed by atoms with E-state index in [2.05, 4.69) is 14.7 Å². The summed E-state index contributed by atoms with van der Waals surface area (Å²) in [7, 11) is 3.47. The SMILES string of the molecule is CN(C)C(=O)C1CN(c2ccc(N3CC[C@H](Oc4ccc(OCC(F)(F)F)nc4)C3=O)cn2)C1. The number of carbonyl (C=O) groups is 2. The van der Waals surface area contributed by atoms with Gasteiger partial charge in [0.1, 0.15) is 11.6 Å². The van der Waals surface area contributed by atoms with E-state index in [9.17, 15) is 22.8 Å². The van der Waals surface area contributed by atoms with Crippen LogP contribution in [0.2, 0.25) is 0 Å². The summed E-state index contributed by atoms with van der Waals surface area (Å²) in [6.45, 7) is 0.218. The fourth-order valence-corrected chi connectivity index (χ4v) is 3.77. The van der Waals surface area contributed by atoms with Crippen LogP contribution in [0.25, 0.3) is 0 Å². The van der Waals surface area contributed by atoms with Gasteiger partial charge >= 0.3 is 6.18 Å². The number of aromatic nitrogens is 2. The zero-order valence-corrected chi connectivity index (χ0v) is 18.7. The first-order valence-corrected chi connectivity index (χ1v) is 10.7. The topological polar surface area (TPSA) is 88.1 Å². The molecular weight excluding hydrogens is 455 g/mol. The van der Waals surface area contributed by atoms with Gasteiger partial charge in [0, 0.05) is 46.2 Å². The van der Waals surface area contributed by atoms with Crippen LogP contribution < -0.4 is 19.3 Å². The number of halogens is 3. The molecule has 12 heteroatoms. The van der Waals surface area contributed by atoms with Crippen LogP contribution in [-0.2, 0) is 9.59 Å². The normalized spacial score (nSPS) is 18.6. The Morgan fingerprint density at radius 3 is 2.50 bits per heavy atom. The summed E-state index contributed by atoms with van der Waals surface area (Å²) in [6, 6.07) is 6.29. The van der Waals surface area contributed by atoms with Crippen LogP contribution in [0.3, 0.4) is 0 Å². The van der Waals surface area contributed by atoms with Crippen molar-refractivity contribution in [2.24, 2.45) is 5.92 Å². The summed E-state index contributed by atoms with van der Waals surface area (Å²) in [6.07, 6.45) is -1.92. The van der Waals surface area contributed by atoms with Crippen molar-refractivity contribution in [2.45, 2.75) is 18.7 Å². The third-order valence-electron chi connectivity index (χ3n) is 5.57. The van der Waals surface area contributed by atoms with Crippen molar-refractivity contribution >= 4 is 23.3 Å². The van der Waals surface area contributed by atoms with E-state index in [1.807, 2.05) is 11.0 Å². The van der Waals surface area contributed by atoms with Crippen molar-refractivity contribution in [3.8, 4) is 11.6 Å². The van der Waals surface area contributed by atoms with Gasteiger partial charge in [-0.2, -0.15) is 13.2 Å². The maximum absolute atomic E-state index is 12.8. The first-order valence-electron chi connectivity index (χ1n) is 10.7. The Kier molecular flexibility index (Phi) is 6.49. The Bertz CT molecular complexity index is 1020. The van der Waals surface area contributed by atoms with Crippen LogP contribution in [-0.4, -0.2) is 79.3 Å². The van der Waals surface area contributed by atoms with Gasteiger partial charge in [-0.15, -0.1) is 0 Å². The number of pyridine rings is 2. The minimum atomic E-state index is -4.45. The molecule has 2 saturated heterocycles. The number of alkyl halides is 3. The number of hydrogen-bond donors (Lipinski definition) is 0.